The summed E-state index contributed by atoms with van der Waals surface area (Å²) < 4.78 is 4.83. The van der Waals surface area contributed by atoms with Gasteiger partial charge in [0.1, 0.15) is 6.10 Å². The van der Waals surface area contributed by atoms with E-state index >= 15 is 0 Å². The van der Waals surface area contributed by atoms with Gasteiger partial charge in [-0.3, -0.25) is 0 Å². The second-order valence-electron chi connectivity index (χ2n) is 3.82. The standard InChI is InChI=1S/C10H17NO3/c1-4-13-10(12)9-6-8(14-11-9)5-7(2)3/h7-8H,4-6H2,1-3H3/t8-/m0/s1. The van der Waals surface area contributed by atoms with E-state index in [1.807, 2.05) is 0 Å². The number of esters is 1. The summed E-state index contributed by atoms with van der Waals surface area (Å²) in [7, 11) is 0. The Balaban J connectivity index is 2.35. The number of carbonyl (C=O) groups excluding carboxylic acids is 1. The van der Waals surface area contributed by atoms with E-state index in [1.54, 1.807) is 6.92 Å². The smallest absolute Gasteiger partial charge is 0.356 e. The van der Waals surface area contributed by atoms with Gasteiger partial charge < -0.3 is 9.57 Å². The molecule has 1 aliphatic rings. The quantitative estimate of drug-likeness (QED) is 0.648. The third-order valence-electron chi connectivity index (χ3n) is 1.98. The van der Waals surface area contributed by atoms with Gasteiger partial charge in [0.05, 0.1) is 6.61 Å². The minimum Gasteiger partial charge on any atom is -0.461 e. The van der Waals surface area contributed by atoms with E-state index in [4.69, 9.17) is 9.57 Å². The van der Waals surface area contributed by atoms with E-state index in [-0.39, 0.29) is 12.1 Å². The lowest BCUT2D eigenvalue weighted by molar-refractivity contribution is -0.135. The Morgan fingerprint density at radius 1 is 1.71 bits per heavy atom. The maximum Gasteiger partial charge on any atom is 0.356 e. The molecule has 0 saturated heterocycles. The molecule has 4 heteroatoms. The number of carbonyl (C=O) groups is 1. The highest BCUT2D eigenvalue weighted by molar-refractivity contribution is 6.36. The third kappa shape index (κ3) is 3.01. The van der Waals surface area contributed by atoms with Gasteiger partial charge in [-0.1, -0.05) is 19.0 Å². The molecule has 1 rings (SSSR count). The van der Waals surface area contributed by atoms with E-state index < -0.39 is 0 Å². The summed E-state index contributed by atoms with van der Waals surface area (Å²) in [5.41, 5.74) is 0.414. The van der Waals surface area contributed by atoms with Gasteiger partial charge in [-0.05, 0) is 19.3 Å². The molecular formula is C10H17NO3. The average molecular weight is 199 g/mol. The molecule has 14 heavy (non-hydrogen) atoms. The predicted molar refractivity (Wildman–Crippen MR) is 53.0 cm³/mol. The van der Waals surface area contributed by atoms with Gasteiger partial charge in [-0.25, -0.2) is 4.79 Å². The van der Waals surface area contributed by atoms with E-state index in [2.05, 4.69) is 19.0 Å². The van der Waals surface area contributed by atoms with Gasteiger partial charge in [-0.2, -0.15) is 0 Å². The molecule has 80 valence electrons. The van der Waals surface area contributed by atoms with Crippen molar-refractivity contribution in [3.05, 3.63) is 0 Å². The zero-order valence-electron chi connectivity index (χ0n) is 8.95. The van der Waals surface area contributed by atoms with E-state index in [9.17, 15) is 4.79 Å². The second kappa shape index (κ2) is 4.98. The first-order valence-corrected chi connectivity index (χ1v) is 5.03. The Labute approximate surface area is 84.3 Å². The van der Waals surface area contributed by atoms with E-state index in [0.29, 0.717) is 24.7 Å². The zero-order valence-corrected chi connectivity index (χ0v) is 8.95. The van der Waals surface area contributed by atoms with Crippen molar-refractivity contribution in [2.45, 2.75) is 39.7 Å². The molecule has 1 heterocycles. The van der Waals surface area contributed by atoms with Crippen LogP contribution in [0, 0.1) is 5.92 Å². The summed E-state index contributed by atoms with van der Waals surface area (Å²) in [6.07, 6.45) is 1.55. The Kier molecular flexibility index (Phi) is 3.92. The lowest BCUT2D eigenvalue weighted by Gasteiger charge is -2.09. The number of hydrogen-bond donors (Lipinski definition) is 0. The molecule has 0 aromatic rings. The molecule has 0 aliphatic carbocycles. The topological polar surface area (TPSA) is 47.9 Å². The predicted octanol–water partition coefficient (Wildman–Crippen LogP) is 1.74. The van der Waals surface area contributed by atoms with Crippen molar-refractivity contribution < 1.29 is 14.4 Å². The van der Waals surface area contributed by atoms with Crippen LogP contribution in [0.1, 0.15) is 33.6 Å². The molecule has 0 radical (unpaired) electrons. The van der Waals surface area contributed by atoms with Gasteiger partial charge in [0.2, 0.25) is 0 Å². The number of rotatable bonds is 4. The molecule has 1 aliphatic heterocycles. The molecule has 0 aromatic carbocycles. The van der Waals surface area contributed by atoms with Crippen molar-refractivity contribution >= 4 is 11.7 Å². The minimum absolute atomic E-state index is 0.0504. The molecule has 0 saturated carbocycles. The Morgan fingerprint density at radius 3 is 3.00 bits per heavy atom. The fraction of sp³-hybridized carbons (Fsp3) is 0.800. The highest BCUT2D eigenvalue weighted by atomic mass is 16.6. The molecule has 0 bridgehead atoms. The minimum atomic E-state index is -0.348. The van der Waals surface area contributed by atoms with Crippen LogP contribution >= 0.6 is 0 Å². The Bertz CT molecular complexity index is 236. The third-order valence-corrected chi connectivity index (χ3v) is 1.98. The van der Waals surface area contributed by atoms with Crippen LogP contribution in [0.3, 0.4) is 0 Å². The lowest BCUT2D eigenvalue weighted by atomic mass is 10.0. The van der Waals surface area contributed by atoms with Gasteiger partial charge in [0.25, 0.3) is 0 Å². The fourth-order valence-electron chi connectivity index (χ4n) is 1.42. The van der Waals surface area contributed by atoms with E-state index in [1.165, 1.54) is 0 Å². The highest BCUT2D eigenvalue weighted by Crippen LogP contribution is 2.18. The maximum absolute atomic E-state index is 11.2. The van der Waals surface area contributed by atoms with Crippen molar-refractivity contribution in [3.8, 4) is 0 Å². The highest BCUT2D eigenvalue weighted by Gasteiger charge is 2.27. The van der Waals surface area contributed by atoms with Crippen LogP contribution in [0.25, 0.3) is 0 Å². The summed E-state index contributed by atoms with van der Waals surface area (Å²) in [4.78, 5) is 16.4. The van der Waals surface area contributed by atoms with Crippen molar-refractivity contribution in [2.75, 3.05) is 6.61 Å². The van der Waals surface area contributed by atoms with Gasteiger partial charge in [0.15, 0.2) is 5.71 Å². The van der Waals surface area contributed by atoms with Crippen LogP contribution in [0.5, 0.6) is 0 Å². The monoisotopic (exact) mass is 199 g/mol. The fourth-order valence-corrected chi connectivity index (χ4v) is 1.42. The van der Waals surface area contributed by atoms with Crippen LogP contribution in [0.15, 0.2) is 5.16 Å². The normalized spacial score (nSPS) is 20.6. The van der Waals surface area contributed by atoms with Crippen molar-refractivity contribution in [1.29, 1.82) is 0 Å². The lowest BCUT2D eigenvalue weighted by Crippen LogP contribution is -2.18. The van der Waals surface area contributed by atoms with Crippen LogP contribution in [0.2, 0.25) is 0 Å². The summed E-state index contributed by atoms with van der Waals surface area (Å²) in [5, 5.41) is 3.73. The van der Waals surface area contributed by atoms with Crippen molar-refractivity contribution in [3.63, 3.8) is 0 Å². The first kappa shape index (κ1) is 11.0. The largest absolute Gasteiger partial charge is 0.461 e. The maximum atomic E-state index is 11.2. The molecule has 0 fully saturated rings. The molecule has 0 N–H and O–H groups in total. The zero-order chi connectivity index (χ0) is 10.6. The molecule has 0 aromatic heterocycles. The molecule has 4 nitrogen and oxygen atoms in total. The van der Waals surface area contributed by atoms with Crippen molar-refractivity contribution in [2.24, 2.45) is 11.1 Å². The molecule has 0 amide bonds. The number of ether oxygens (including phenoxy) is 1. The first-order chi connectivity index (χ1) is 6.63. The number of oxime groups is 1. The summed E-state index contributed by atoms with van der Waals surface area (Å²) in [6.45, 7) is 6.39. The van der Waals surface area contributed by atoms with Crippen LogP contribution < -0.4 is 0 Å². The molecule has 1 atom stereocenters. The Morgan fingerprint density at radius 2 is 2.43 bits per heavy atom. The average Bonchev–Trinajstić information content (AvgIpc) is 2.52. The van der Waals surface area contributed by atoms with E-state index in [0.717, 1.165) is 6.42 Å². The molecule has 0 unspecified atom stereocenters. The van der Waals surface area contributed by atoms with Crippen LogP contribution in [0.4, 0.5) is 0 Å². The number of hydrogen-bond acceptors (Lipinski definition) is 4. The van der Waals surface area contributed by atoms with Crippen LogP contribution in [-0.2, 0) is 14.4 Å². The van der Waals surface area contributed by atoms with Gasteiger partial charge >= 0.3 is 5.97 Å². The molecule has 0 spiro atoms. The van der Waals surface area contributed by atoms with Gasteiger partial charge in [-0.15, -0.1) is 0 Å². The second-order valence-corrected chi connectivity index (χ2v) is 3.82. The number of nitrogens with zero attached hydrogens (tertiary/aromatic N) is 1. The molecular weight excluding hydrogens is 182 g/mol. The Hall–Kier alpha value is -1.06. The summed E-state index contributed by atoms with van der Waals surface area (Å²) in [5.74, 6) is 0.204. The van der Waals surface area contributed by atoms with Crippen LogP contribution in [-0.4, -0.2) is 24.4 Å². The van der Waals surface area contributed by atoms with Gasteiger partial charge in [0, 0.05) is 6.42 Å². The summed E-state index contributed by atoms with van der Waals surface area (Å²) in [6, 6.07) is 0. The van der Waals surface area contributed by atoms with Crippen molar-refractivity contribution in [1.82, 2.24) is 0 Å². The first-order valence-electron chi connectivity index (χ1n) is 5.03. The SMILES string of the molecule is CCOC(=O)C1=NO[C@@H](CC(C)C)C1. The summed E-state index contributed by atoms with van der Waals surface area (Å²) >= 11 is 0.